The Morgan fingerprint density at radius 1 is 1.07 bits per heavy atom. The zero-order valence-electron chi connectivity index (χ0n) is 15.7. The molecule has 6 heteroatoms. The zero-order valence-corrected chi connectivity index (χ0v) is 15.7. The van der Waals surface area contributed by atoms with Gasteiger partial charge in [-0.25, -0.2) is 4.98 Å². The highest BCUT2D eigenvalue weighted by atomic mass is 16.2. The Kier molecular flexibility index (Phi) is 6.41. The van der Waals surface area contributed by atoms with Gasteiger partial charge in [0.15, 0.2) is 0 Å². The van der Waals surface area contributed by atoms with Crippen molar-refractivity contribution in [1.29, 1.82) is 0 Å². The van der Waals surface area contributed by atoms with Gasteiger partial charge in [0.1, 0.15) is 5.82 Å². The number of nitrogens with zero attached hydrogens (tertiary/aromatic N) is 3. The first-order chi connectivity index (χ1) is 13.1. The van der Waals surface area contributed by atoms with Crippen molar-refractivity contribution in [3.63, 3.8) is 0 Å². The molecule has 2 aromatic rings. The number of carbonyl (C=O) groups is 2. The number of amides is 2. The van der Waals surface area contributed by atoms with Crippen molar-refractivity contribution in [2.45, 2.75) is 25.8 Å². The second kappa shape index (κ2) is 9.16. The van der Waals surface area contributed by atoms with Crippen LogP contribution in [0.1, 0.15) is 35.2 Å². The summed E-state index contributed by atoms with van der Waals surface area (Å²) in [5.41, 5.74) is 1.52. The molecular weight excluding hydrogens is 340 g/mol. The van der Waals surface area contributed by atoms with Gasteiger partial charge in [0.2, 0.25) is 5.91 Å². The summed E-state index contributed by atoms with van der Waals surface area (Å²) in [5, 5.41) is 2.85. The molecule has 0 spiro atoms. The summed E-state index contributed by atoms with van der Waals surface area (Å²) in [7, 11) is 1.63. The predicted octanol–water partition coefficient (Wildman–Crippen LogP) is 2.46. The number of hydrogen-bond acceptors (Lipinski definition) is 4. The maximum atomic E-state index is 12.3. The summed E-state index contributed by atoms with van der Waals surface area (Å²) < 4.78 is 0. The Labute approximate surface area is 160 Å². The average Bonchev–Trinajstić information content (AvgIpc) is 2.73. The van der Waals surface area contributed by atoms with Crippen molar-refractivity contribution < 1.29 is 9.59 Å². The maximum absolute atomic E-state index is 12.3. The van der Waals surface area contributed by atoms with Gasteiger partial charge in [-0.1, -0.05) is 24.3 Å². The Hall–Kier alpha value is -2.89. The number of hydrogen-bond donors (Lipinski definition) is 1. The molecule has 0 radical (unpaired) electrons. The number of pyridine rings is 1. The van der Waals surface area contributed by atoms with E-state index in [0.29, 0.717) is 12.1 Å². The highest BCUT2D eigenvalue weighted by Crippen LogP contribution is 2.17. The number of carbonyl (C=O) groups excluding carboxylic acids is 2. The second-order valence-electron chi connectivity index (χ2n) is 6.88. The fourth-order valence-electron chi connectivity index (χ4n) is 3.18. The smallest absolute Gasteiger partial charge is 0.254 e. The van der Waals surface area contributed by atoms with E-state index in [0.717, 1.165) is 24.5 Å². The number of likely N-dealkylation sites (N-methyl/N-ethyl adjacent to an activating group) is 1. The third-order valence-corrected chi connectivity index (χ3v) is 4.73. The summed E-state index contributed by atoms with van der Waals surface area (Å²) in [6.45, 7) is 2.54. The van der Waals surface area contributed by atoms with Crippen LogP contribution in [-0.2, 0) is 11.3 Å². The topological polar surface area (TPSA) is 65.5 Å². The van der Waals surface area contributed by atoms with E-state index in [1.165, 1.54) is 24.2 Å². The van der Waals surface area contributed by atoms with Gasteiger partial charge in [0.25, 0.3) is 5.91 Å². The highest BCUT2D eigenvalue weighted by Gasteiger charge is 2.15. The molecule has 0 unspecified atom stereocenters. The monoisotopic (exact) mass is 366 g/mol. The Balaban J connectivity index is 1.46. The molecule has 2 amide bonds. The molecule has 1 fully saturated rings. The molecule has 1 N–H and O–H groups in total. The fraction of sp³-hybridized carbons (Fsp3) is 0.381. The van der Waals surface area contributed by atoms with Crippen LogP contribution < -0.4 is 10.2 Å². The summed E-state index contributed by atoms with van der Waals surface area (Å²) in [6, 6.07) is 13.0. The normalized spacial score (nSPS) is 13.9. The van der Waals surface area contributed by atoms with E-state index in [1.807, 2.05) is 36.5 Å². The SMILES string of the molecule is CN(CC(=O)NCc1ccc(N2CCCCC2)nc1)C(=O)c1ccccc1. The average molecular weight is 366 g/mol. The molecule has 0 aliphatic carbocycles. The standard InChI is InChI=1S/C21H26N4O2/c1-24(21(27)18-8-4-2-5-9-18)16-20(26)23-15-17-10-11-19(22-14-17)25-12-6-3-7-13-25/h2,4-5,8-11,14H,3,6-7,12-13,15-16H2,1H3,(H,23,26). The third kappa shape index (κ3) is 5.29. The van der Waals surface area contributed by atoms with Crippen LogP contribution in [0, 0.1) is 0 Å². The number of rotatable bonds is 6. The molecular formula is C21H26N4O2. The van der Waals surface area contributed by atoms with Gasteiger partial charge in [0.05, 0.1) is 6.54 Å². The van der Waals surface area contributed by atoms with Crippen LogP contribution in [0.25, 0.3) is 0 Å². The molecule has 1 aromatic carbocycles. The largest absolute Gasteiger partial charge is 0.357 e. The molecule has 2 heterocycles. The van der Waals surface area contributed by atoms with Gasteiger partial charge in [-0.3, -0.25) is 9.59 Å². The van der Waals surface area contributed by atoms with Gasteiger partial charge in [-0.05, 0) is 43.0 Å². The molecule has 0 saturated carbocycles. The van der Waals surface area contributed by atoms with E-state index in [2.05, 4.69) is 15.2 Å². The second-order valence-corrected chi connectivity index (χ2v) is 6.88. The van der Waals surface area contributed by atoms with Crippen LogP contribution in [-0.4, -0.2) is 48.4 Å². The number of piperidine rings is 1. The Bertz CT molecular complexity index is 756. The summed E-state index contributed by atoms with van der Waals surface area (Å²) >= 11 is 0. The van der Waals surface area contributed by atoms with Crippen molar-refractivity contribution in [2.75, 3.05) is 31.6 Å². The lowest BCUT2D eigenvalue weighted by atomic mass is 10.1. The van der Waals surface area contributed by atoms with Crippen LogP contribution in [0.5, 0.6) is 0 Å². The van der Waals surface area contributed by atoms with Gasteiger partial charge in [-0.2, -0.15) is 0 Å². The van der Waals surface area contributed by atoms with Crippen molar-refractivity contribution in [1.82, 2.24) is 15.2 Å². The van der Waals surface area contributed by atoms with Crippen molar-refractivity contribution >= 4 is 17.6 Å². The minimum atomic E-state index is -0.193. The molecule has 0 bridgehead atoms. The van der Waals surface area contributed by atoms with Gasteiger partial charge >= 0.3 is 0 Å². The molecule has 3 rings (SSSR count). The van der Waals surface area contributed by atoms with Gasteiger partial charge in [-0.15, -0.1) is 0 Å². The van der Waals surface area contributed by atoms with E-state index in [-0.39, 0.29) is 18.4 Å². The van der Waals surface area contributed by atoms with Crippen molar-refractivity contribution in [2.24, 2.45) is 0 Å². The van der Waals surface area contributed by atoms with Crippen molar-refractivity contribution in [3.8, 4) is 0 Å². The van der Waals surface area contributed by atoms with Crippen LogP contribution in [0.3, 0.4) is 0 Å². The molecule has 1 aromatic heterocycles. The lowest BCUT2D eigenvalue weighted by Gasteiger charge is -2.27. The fourth-order valence-corrected chi connectivity index (χ4v) is 3.18. The van der Waals surface area contributed by atoms with E-state index in [9.17, 15) is 9.59 Å². The molecule has 6 nitrogen and oxygen atoms in total. The van der Waals surface area contributed by atoms with Gasteiger partial charge < -0.3 is 15.1 Å². The van der Waals surface area contributed by atoms with Crippen LogP contribution in [0.15, 0.2) is 48.7 Å². The number of nitrogens with one attached hydrogen (secondary N) is 1. The van der Waals surface area contributed by atoms with Crippen LogP contribution in [0.2, 0.25) is 0 Å². The number of benzene rings is 1. The number of aromatic nitrogens is 1. The first-order valence-corrected chi connectivity index (χ1v) is 9.40. The zero-order chi connectivity index (χ0) is 19.1. The highest BCUT2D eigenvalue weighted by molar-refractivity contribution is 5.96. The minimum absolute atomic E-state index is 0.0209. The van der Waals surface area contributed by atoms with Crippen LogP contribution >= 0.6 is 0 Å². The van der Waals surface area contributed by atoms with Crippen LogP contribution in [0.4, 0.5) is 5.82 Å². The first kappa shape index (κ1) is 18.9. The quantitative estimate of drug-likeness (QED) is 0.853. The summed E-state index contributed by atoms with van der Waals surface area (Å²) in [4.78, 5) is 32.7. The third-order valence-electron chi connectivity index (χ3n) is 4.73. The number of anilines is 1. The predicted molar refractivity (Wildman–Crippen MR) is 106 cm³/mol. The molecule has 1 saturated heterocycles. The molecule has 27 heavy (non-hydrogen) atoms. The Morgan fingerprint density at radius 2 is 1.81 bits per heavy atom. The summed E-state index contributed by atoms with van der Waals surface area (Å²) in [5.74, 6) is 0.637. The molecule has 1 aliphatic heterocycles. The molecule has 0 atom stereocenters. The van der Waals surface area contributed by atoms with Crippen molar-refractivity contribution in [3.05, 3.63) is 59.8 Å². The van der Waals surface area contributed by atoms with E-state index in [1.54, 1.807) is 19.2 Å². The first-order valence-electron chi connectivity index (χ1n) is 9.40. The Morgan fingerprint density at radius 3 is 2.48 bits per heavy atom. The van der Waals surface area contributed by atoms with E-state index >= 15 is 0 Å². The van der Waals surface area contributed by atoms with E-state index < -0.39 is 0 Å². The molecule has 142 valence electrons. The molecule has 1 aliphatic rings. The minimum Gasteiger partial charge on any atom is -0.357 e. The van der Waals surface area contributed by atoms with E-state index in [4.69, 9.17) is 0 Å². The van der Waals surface area contributed by atoms with Gasteiger partial charge in [0, 0.05) is 38.4 Å². The lowest BCUT2D eigenvalue weighted by molar-refractivity contribution is -0.121. The summed E-state index contributed by atoms with van der Waals surface area (Å²) in [6.07, 6.45) is 5.54. The lowest BCUT2D eigenvalue weighted by Crippen LogP contribution is -2.38. The maximum Gasteiger partial charge on any atom is 0.254 e.